The van der Waals surface area contributed by atoms with Crippen LogP contribution in [0.3, 0.4) is 0 Å². The lowest BCUT2D eigenvalue weighted by Crippen LogP contribution is -1.89. The third-order valence-electron chi connectivity index (χ3n) is 2.62. The molecule has 1 aromatic heterocycles. The number of thioether (sulfide) groups is 1. The van der Waals surface area contributed by atoms with Crippen molar-refractivity contribution in [2.75, 3.05) is 6.26 Å². The summed E-state index contributed by atoms with van der Waals surface area (Å²) in [6.45, 7) is 3.53. The van der Waals surface area contributed by atoms with E-state index in [0.29, 0.717) is 10.6 Å². The third kappa shape index (κ3) is 2.43. The first kappa shape index (κ1) is 13.5. The number of aliphatic hydroxyl groups excluding tert-OH is 1. The van der Waals surface area contributed by atoms with Crippen LogP contribution in [-0.4, -0.2) is 16.3 Å². The van der Waals surface area contributed by atoms with Gasteiger partial charge in [0.25, 0.3) is 0 Å². The van der Waals surface area contributed by atoms with Crippen LogP contribution < -0.4 is 0 Å². The molecule has 0 spiro atoms. The molecule has 0 radical (unpaired) electrons. The van der Waals surface area contributed by atoms with Crippen LogP contribution in [0, 0.1) is 12.7 Å². The molecule has 0 aliphatic rings. The number of halogens is 1. The third-order valence-corrected chi connectivity index (χ3v) is 4.75. The standard InChI is InChI=1S/C13H14FNOS2/c1-7-12(8(2)16)18-13(15-7)11-9(14)5-4-6-10(11)17-3/h4-6,8,16H,1-3H3. The average Bonchev–Trinajstić information content (AvgIpc) is 2.70. The zero-order chi connectivity index (χ0) is 13.3. The first-order chi connectivity index (χ1) is 8.54. The van der Waals surface area contributed by atoms with Crippen molar-refractivity contribution in [3.8, 4) is 10.6 Å². The maximum atomic E-state index is 14.0. The van der Waals surface area contributed by atoms with Crippen molar-refractivity contribution in [3.63, 3.8) is 0 Å². The number of hydrogen-bond acceptors (Lipinski definition) is 4. The molecule has 2 rings (SSSR count). The van der Waals surface area contributed by atoms with E-state index in [1.54, 1.807) is 13.0 Å². The SMILES string of the molecule is CSc1cccc(F)c1-c1nc(C)c(C(C)O)s1. The lowest BCUT2D eigenvalue weighted by molar-refractivity contribution is 0.202. The highest BCUT2D eigenvalue weighted by Crippen LogP contribution is 2.37. The fourth-order valence-electron chi connectivity index (χ4n) is 1.78. The zero-order valence-electron chi connectivity index (χ0n) is 10.4. The largest absolute Gasteiger partial charge is 0.388 e. The number of benzene rings is 1. The van der Waals surface area contributed by atoms with E-state index in [9.17, 15) is 9.50 Å². The van der Waals surface area contributed by atoms with Gasteiger partial charge in [-0.25, -0.2) is 9.37 Å². The van der Waals surface area contributed by atoms with Gasteiger partial charge in [0.2, 0.25) is 0 Å². The molecule has 1 heterocycles. The van der Waals surface area contributed by atoms with Gasteiger partial charge < -0.3 is 5.11 Å². The van der Waals surface area contributed by atoms with Crippen molar-refractivity contribution in [2.45, 2.75) is 24.8 Å². The molecule has 1 unspecified atom stereocenters. The maximum Gasteiger partial charge on any atom is 0.134 e. The number of hydrogen-bond donors (Lipinski definition) is 1. The van der Waals surface area contributed by atoms with Crippen LogP contribution in [-0.2, 0) is 0 Å². The van der Waals surface area contributed by atoms with Crippen molar-refractivity contribution >= 4 is 23.1 Å². The molecule has 18 heavy (non-hydrogen) atoms. The molecule has 0 saturated heterocycles. The van der Waals surface area contributed by atoms with Gasteiger partial charge in [0.05, 0.1) is 22.2 Å². The van der Waals surface area contributed by atoms with Gasteiger partial charge in [-0.3, -0.25) is 0 Å². The Labute approximate surface area is 114 Å². The Morgan fingerprint density at radius 3 is 2.72 bits per heavy atom. The summed E-state index contributed by atoms with van der Waals surface area (Å²) in [6, 6.07) is 5.01. The van der Waals surface area contributed by atoms with Crippen molar-refractivity contribution in [1.82, 2.24) is 4.98 Å². The van der Waals surface area contributed by atoms with Crippen LogP contribution >= 0.6 is 23.1 Å². The van der Waals surface area contributed by atoms with Crippen LogP contribution in [0.1, 0.15) is 23.6 Å². The number of nitrogens with zero attached hydrogens (tertiary/aromatic N) is 1. The van der Waals surface area contributed by atoms with Crippen LogP contribution in [0.2, 0.25) is 0 Å². The summed E-state index contributed by atoms with van der Waals surface area (Å²) in [4.78, 5) is 6.03. The van der Waals surface area contributed by atoms with Gasteiger partial charge >= 0.3 is 0 Å². The number of aromatic nitrogens is 1. The van der Waals surface area contributed by atoms with Gasteiger partial charge in [-0.05, 0) is 32.2 Å². The predicted octanol–water partition coefficient (Wildman–Crippen LogP) is 4.03. The monoisotopic (exact) mass is 283 g/mol. The number of rotatable bonds is 3. The second kappa shape index (κ2) is 5.38. The van der Waals surface area contributed by atoms with E-state index in [4.69, 9.17) is 0 Å². The predicted molar refractivity (Wildman–Crippen MR) is 74.7 cm³/mol. The number of thiazole rings is 1. The minimum atomic E-state index is -0.569. The zero-order valence-corrected chi connectivity index (χ0v) is 12.0. The highest BCUT2D eigenvalue weighted by molar-refractivity contribution is 7.98. The summed E-state index contributed by atoms with van der Waals surface area (Å²) in [6.07, 6.45) is 1.34. The fraction of sp³-hybridized carbons (Fsp3) is 0.308. The van der Waals surface area contributed by atoms with Crippen LogP contribution in [0.4, 0.5) is 4.39 Å². The molecule has 0 amide bonds. The smallest absolute Gasteiger partial charge is 0.134 e. The van der Waals surface area contributed by atoms with E-state index in [1.165, 1.54) is 29.2 Å². The Bertz CT molecular complexity index is 566. The lowest BCUT2D eigenvalue weighted by atomic mass is 10.2. The Morgan fingerprint density at radius 1 is 1.44 bits per heavy atom. The minimum Gasteiger partial charge on any atom is -0.388 e. The van der Waals surface area contributed by atoms with E-state index in [-0.39, 0.29) is 5.82 Å². The molecule has 1 aromatic carbocycles. The molecule has 2 nitrogen and oxygen atoms in total. The van der Waals surface area contributed by atoms with E-state index < -0.39 is 6.10 Å². The molecular formula is C13H14FNOS2. The molecule has 5 heteroatoms. The Kier molecular flexibility index (Phi) is 4.04. The summed E-state index contributed by atoms with van der Waals surface area (Å²) in [5.41, 5.74) is 1.30. The van der Waals surface area contributed by atoms with Crippen LogP contribution in [0.25, 0.3) is 10.6 Å². The quantitative estimate of drug-likeness (QED) is 0.863. The Balaban J connectivity index is 2.59. The van der Waals surface area contributed by atoms with Crippen molar-refractivity contribution in [2.24, 2.45) is 0 Å². The summed E-state index contributed by atoms with van der Waals surface area (Å²) >= 11 is 2.84. The van der Waals surface area contributed by atoms with Gasteiger partial charge in [-0.2, -0.15) is 0 Å². The van der Waals surface area contributed by atoms with E-state index in [1.807, 2.05) is 19.2 Å². The molecule has 1 atom stereocenters. The van der Waals surface area contributed by atoms with Crippen molar-refractivity contribution in [1.29, 1.82) is 0 Å². The average molecular weight is 283 g/mol. The summed E-state index contributed by atoms with van der Waals surface area (Å²) in [5, 5.41) is 10.3. The summed E-state index contributed by atoms with van der Waals surface area (Å²) < 4.78 is 14.0. The molecule has 96 valence electrons. The number of aliphatic hydroxyl groups is 1. The van der Waals surface area contributed by atoms with Gasteiger partial charge in [0.15, 0.2) is 0 Å². The van der Waals surface area contributed by atoms with E-state index in [0.717, 1.165) is 15.5 Å². The topological polar surface area (TPSA) is 33.1 Å². The molecule has 0 saturated carbocycles. The summed E-state index contributed by atoms with van der Waals surface area (Å²) in [5.74, 6) is -0.271. The van der Waals surface area contributed by atoms with Crippen molar-refractivity contribution in [3.05, 3.63) is 34.6 Å². The maximum absolute atomic E-state index is 14.0. The minimum absolute atomic E-state index is 0.271. The molecule has 2 aromatic rings. The highest BCUT2D eigenvalue weighted by Gasteiger charge is 2.18. The van der Waals surface area contributed by atoms with E-state index >= 15 is 0 Å². The summed E-state index contributed by atoms with van der Waals surface area (Å²) in [7, 11) is 0. The Morgan fingerprint density at radius 2 is 2.17 bits per heavy atom. The van der Waals surface area contributed by atoms with Gasteiger partial charge in [0.1, 0.15) is 10.8 Å². The molecule has 0 bridgehead atoms. The molecular weight excluding hydrogens is 269 g/mol. The first-order valence-electron chi connectivity index (χ1n) is 5.53. The lowest BCUT2D eigenvalue weighted by Gasteiger charge is -2.05. The fourth-order valence-corrected chi connectivity index (χ4v) is 3.53. The first-order valence-corrected chi connectivity index (χ1v) is 7.57. The highest BCUT2D eigenvalue weighted by atomic mass is 32.2. The van der Waals surface area contributed by atoms with Crippen LogP contribution in [0.5, 0.6) is 0 Å². The second-order valence-corrected chi connectivity index (χ2v) is 5.84. The van der Waals surface area contributed by atoms with Gasteiger partial charge in [0, 0.05) is 4.90 Å². The molecule has 0 fully saturated rings. The molecule has 0 aliphatic heterocycles. The molecule has 0 aliphatic carbocycles. The number of aryl methyl sites for hydroxylation is 1. The van der Waals surface area contributed by atoms with Crippen LogP contribution in [0.15, 0.2) is 23.1 Å². The van der Waals surface area contributed by atoms with Gasteiger partial charge in [-0.1, -0.05) is 6.07 Å². The van der Waals surface area contributed by atoms with Gasteiger partial charge in [-0.15, -0.1) is 23.1 Å². The van der Waals surface area contributed by atoms with Crippen molar-refractivity contribution < 1.29 is 9.50 Å². The normalized spacial score (nSPS) is 12.7. The Hall–Kier alpha value is -0.910. The second-order valence-electron chi connectivity index (χ2n) is 3.96. The molecule has 1 N–H and O–H groups in total. The van der Waals surface area contributed by atoms with E-state index in [2.05, 4.69) is 4.98 Å².